The Morgan fingerprint density at radius 1 is 1.42 bits per heavy atom. The fourth-order valence-electron chi connectivity index (χ4n) is 0.949. The molecule has 0 atom stereocenters. The quantitative estimate of drug-likeness (QED) is 0.525. The molecule has 0 saturated carbocycles. The number of rotatable bonds is 0. The second kappa shape index (κ2) is 3.28. The maximum atomic E-state index is 12.8. The van der Waals surface area contributed by atoms with Crippen LogP contribution >= 0.6 is 22.6 Å². The summed E-state index contributed by atoms with van der Waals surface area (Å²) in [5.41, 5.74) is 0.925. The summed E-state index contributed by atoms with van der Waals surface area (Å²) in [6.07, 6.45) is 1.25. The Balaban J connectivity index is 3.23. The maximum Gasteiger partial charge on any atom is 0.141 e. The number of hydrogen-bond donors (Lipinski definition) is 0. The molecule has 0 N–H and O–H groups in total. The first-order valence-corrected chi connectivity index (χ1v) is 4.80. The Morgan fingerprint density at radius 3 is 2.42 bits per heavy atom. The summed E-state index contributed by atoms with van der Waals surface area (Å²) in [4.78, 5) is 3.96. The van der Waals surface area contributed by atoms with Gasteiger partial charge < -0.3 is 0 Å². The molecule has 0 spiro atoms. The van der Waals surface area contributed by atoms with Crippen molar-refractivity contribution in [1.82, 2.24) is 4.98 Å². The first-order chi connectivity index (χ1) is 5.41. The van der Waals surface area contributed by atoms with Crippen LogP contribution < -0.4 is 0 Å². The van der Waals surface area contributed by atoms with Gasteiger partial charge >= 0.3 is 0 Å². The number of halogens is 2. The maximum absolute atomic E-state index is 12.8. The molecule has 1 rings (SSSR count). The van der Waals surface area contributed by atoms with Gasteiger partial charge in [0.15, 0.2) is 0 Å². The third-order valence-electron chi connectivity index (χ3n) is 1.61. The highest BCUT2D eigenvalue weighted by molar-refractivity contribution is 14.1. The van der Waals surface area contributed by atoms with Gasteiger partial charge in [-0.25, -0.2) is 9.37 Å². The average molecular weight is 279 g/mol. The predicted molar refractivity (Wildman–Crippen MR) is 55.6 cm³/mol. The van der Waals surface area contributed by atoms with Gasteiger partial charge in [0.2, 0.25) is 0 Å². The van der Waals surface area contributed by atoms with Gasteiger partial charge in [0.05, 0.1) is 6.20 Å². The normalized spacial score (nSPS) is 11.8. The molecule has 0 aliphatic carbocycles. The largest absolute Gasteiger partial charge is 0.247 e. The van der Waals surface area contributed by atoms with Gasteiger partial charge in [-0.1, -0.05) is 20.8 Å². The highest BCUT2D eigenvalue weighted by Gasteiger charge is 2.18. The van der Waals surface area contributed by atoms with E-state index in [2.05, 4.69) is 27.6 Å². The van der Waals surface area contributed by atoms with Crippen molar-refractivity contribution in [3.63, 3.8) is 0 Å². The van der Waals surface area contributed by atoms with E-state index in [9.17, 15) is 4.39 Å². The molecule has 66 valence electrons. The van der Waals surface area contributed by atoms with Crippen LogP contribution in [0.1, 0.15) is 26.3 Å². The summed E-state index contributed by atoms with van der Waals surface area (Å²) in [5, 5.41) is 0. The van der Waals surface area contributed by atoms with E-state index in [1.54, 1.807) is 6.07 Å². The van der Waals surface area contributed by atoms with Crippen LogP contribution in [0.3, 0.4) is 0 Å². The summed E-state index contributed by atoms with van der Waals surface area (Å²) in [6.45, 7) is 6.14. The molecule has 3 heteroatoms. The van der Waals surface area contributed by atoms with E-state index in [0.29, 0.717) is 0 Å². The zero-order valence-electron chi connectivity index (χ0n) is 7.36. The average Bonchev–Trinajstić information content (AvgIpc) is 1.92. The number of nitrogens with zero attached hydrogens (tertiary/aromatic N) is 1. The van der Waals surface area contributed by atoms with Crippen molar-refractivity contribution < 1.29 is 4.39 Å². The summed E-state index contributed by atoms with van der Waals surface area (Å²) in [6, 6.07) is 1.55. The second-order valence-electron chi connectivity index (χ2n) is 3.74. The molecule has 0 fully saturated rings. The van der Waals surface area contributed by atoms with Crippen LogP contribution in [0.5, 0.6) is 0 Å². The van der Waals surface area contributed by atoms with Gasteiger partial charge in [0, 0.05) is 0 Å². The van der Waals surface area contributed by atoms with Crippen molar-refractivity contribution in [2.75, 3.05) is 0 Å². The van der Waals surface area contributed by atoms with E-state index in [0.717, 1.165) is 9.26 Å². The molecule has 0 aliphatic heterocycles. The van der Waals surface area contributed by atoms with E-state index < -0.39 is 0 Å². The van der Waals surface area contributed by atoms with Crippen LogP contribution in [0.15, 0.2) is 12.3 Å². The van der Waals surface area contributed by atoms with Gasteiger partial charge in [-0.05, 0) is 39.6 Å². The summed E-state index contributed by atoms with van der Waals surface area (Å²) in [7, 11) is 0. The fourth-order valence-corrected chi connectivity index (χ4v) is 2.05. The third-order valence-corrected chi connectivity index (χ3v) is 2.47. The van der Waals surface area contributed by atoms with Crippen LogP contribution in [0.25, 0.3) is 0 Å². The molecular weight excluding hydrogens is 268 g/mol. The van der Waals surface area contributed by atoms with Crippen molar-refractivity contribution in [2.24, 2.45) is 0 Å². The monoisotopic (exact) mass is 279 g/mol. The Morgan fingerprint density at radius 2 is 2.00 bits per heavy atom. The molecule has 1 heterocycles. The van der Waals surface area contributed by atoms with E-state index in [-0.39, 0.29) is 11.2 Å². The smallest absolute Gasteiger partial charge is 0.141 e. The molecule has 1 aromatic rings. The number of aromatic nitrogens is 1. The molecule has 0 aromatic carbocycles. The molecule has 0 amide bonds. The highest BCUT2D eigenvalue weighted by atomic mass is 127. The lowest BCUT2D eigenvalue weighted by molar-refractivity contribution is 0.561. The van der Waals surface area contributed by atoms with Gasteiger partial charge in [0.25, 0.3) is 0 Å². The molecule has 0 bridgehead atoms. The van der Waals surface area contributed by atoms with Gasteiger partial charge in [-0.3, -0.25) is 0 Å². The van der Waals surface area contributed by atoms with Gasteiger partial charge in [-0.2, -0.15) is 0 Å². The predicted octanol–water partition coefficient (Wildman–Crippen LogP) is 3.12. The van der Waals surface area contributed by atoms with Crippen LogP contribution in [0.4, 0.5) is 4.39 Å². The number of pyridine rings is 1. The Labute approximate surface area is 85.5 Å². The minimum atomic E-state index is -0.264. The molecule has 0 radical (unpaired) electrons. The van der Waals surface area contributed by atoms with Crippen molar-refractivity contribution in [3.8, 4) is 0 Å². The van der Waals surface area contributed by atoms with Crippen LogP contribution in [-0.4, -0.2) is 4.98 Å². The van der Waals surface area contributed by atoms with Crippen molar-refractivity contribution >= 4 is 22.6 Å². The minimum Gasteiger partial charge on any atom is -0.247 e. The Kier molecular flexibility index (Phi) is 2.70. The summed E-state index contributed by atoms with van der Waals surface area (Å²) >= 11 is 2.12. The van der Waals surface area contributed by atoms with Crippen molar-refractivity contribution in [2.45, 2.75) is 26.2 Å². The Hall–Kier alpha value is -0.190. The lowest BCUT2D eigenvalue weighted by atomic mass is 9.88. The molecule has 0 aliphatic rings. The topological polar surface area (TPSA) is 12.9 Å². The SMILES string of the molecule is CC(C)(C)c1cc(F)cnc1I. The van der Waals surface area contributed by atoms with Crippen LogP contribution in [0, 0.1) is 9.52 Å². The molecule has 1 nitrogen and oxygen atoms in total. The molecule has 0 unspecified atom stereocenters. The first kappa shape index (κ1) is 9.89. The van der Waals surface area contributed by atoms with Crippen LogP contribution in [-0.2, 0) is 5.41 Å². The Bertz CT molecular complexity index is 291. The minimum absolute atomic E-state index is 0.0361. The van der Waals surface area contributed by atoms with E-state index in [4.69, 9.17) is 0 Å². The third kappa shape index (κ3) is 2.15. The lowest BCUT2D eigenvalue weighted by Gasteiger charge is -2.19. The van der Waals surface area contributed by atoms with Crippen LogP contribution in [0.2, 0.25) is 0 Å². The fraction of sp³-hybridized carbons (Fsp3) is 0.444. The van der Waals surface area contributed by atoms with Gasteiger partial charge in [-0.15, -0.1) is 0 Å². The van der Waals surface area contributed by atoms with Crippen molar-refractivity contribution in [1.29, 1.82) is 0 Å². The van der Waals surface area contributed by atoms with Gasteiger partial charge in [0.1, 0.15) is 9.52 Å². The van der Waals surface area contributed by atoms with E-state index in [1.807, 2.05) is 20.8 Å². The first-order valence-electron chi connectivity index (χ1n) is 3.73. The summed E-state index contributed by atoms with van der Waals surface area (Å²) in [5.74, 6) is -0.264. The highest BCUT2D eigenvalue weighted by Crippen LogP contribution is 2.25. The molecule has 0 saturated heterocycles. The van der Waals surface area contributed by atoms with Crippen molar-refractivity contribution in [3.05, 3.63) is 27.3 Å². The standard InChI is InChI=1S/C9H11FIN/c1-9(2,3)7-4-6(10)5-12-8(7)11/h4-5H,1-3H3. The van der Waals surface area contributed by atoms with E-state index >= 15 is 0 Å². The summed E-state index contributed by atoms with van der Waals surface area (Å²) < 4.78 is 13.7. The number of hydrogen-bond acceptors (Lipinski definition) is 1. The zero-order chi connectivity index (χ0) is 9.35. The molecule has 1 aromatic heterocycles. The molecular formula is C9H11FIN. The lowest BCUT2D eigenvalue weighted by Crippen LogP contribution is -2.14. The molecule has 12 heavy (non-hydrogen) atoms. The van der Waals surface area contributed by atoms with E-state index in [1.165, 1.54) is 6.20 Å². The zero-order valence-corrected chi connectivity index (χ0v) is 9.52. The second-order valence-corrected chi connectivity index (χ2v) is 4.76.